The van der Waals surface area contributed by atoms with Crippen molar-refractivity contribution < 1.29 is 14.3 Å². The minimum absolute atomic E-state index is 0.107. The zero-order valence-corrected chi connectivity index (χ0v) is 14.6. The minimum Gasteiger partial charge on any atom is -0.454 e. The predicted molar refractivity (Wildman–Crippen MR) is 96.0 cm³/mol. The summed E-state index contributed by atoms with van der Waals surface area (Å²) in [6, 6.07) is 10.3. The van der Waals surface area contributed by atoms with Crippen molar-refractivity contribution in [1.82, 2.24) is 0 Å². The van der Waals surface area contributed by atoms with Gasteiger partial charge in [-0.1, -0.05) is 35.3 Å². The van der Waals surface area contributed by atoms with Crippen molar-refractivity contribution in [2.24, 2.45) is 0 Å². The summed E-state index contributed by atoms with van der Waals surface area (Å²) >= 11 is 12.3. The number of nitrogens with zero attached hydrogens (tertiary/aromatic N) is 1. The standard InChI is InChI=1S/C18H12Cl2N2O3/c1-10-3-2-4-13(19)17(10)22-18(23)12(8-21)5-11-6-15-16(7-14(11)20)25-9-24-15/h2-7H,9H2,1H3,(H,22,23)/b12-5+. The smallest absolute Gasteiger partial charge is 0.266 e. The number of nitriles is 1. The lowest BCUT2D eigenvalue weighted by Crippen LogP contribution is -2.14. The minimum atomic E-state index is -0.576. The Balaban J connectivity index is 1.91. The molecule has 0 aliphatic carbocycles. The molecular weight excluding hydrogens is 363 g/mol. The number of hydrogen-bond acceptors (Lipinski definition) is 4. The topological polar surface area (TPSA) is 71.4 Å². The van der Waals surface area contributed by atoms with Crippen LogP contribution in [0.25, 0.3) is 6.08 Å². The molecule has 0 aromatic heterocycles. The Labute approximate surface area is 154 Å². The van der Waals surface area contributed by atoms with Crippen LogP contribution in [0.1, 0.15) is 11.1 Å². The molecule has 2 aromatic rings. The SMILES string of the molecule is Cc1cccc(Cl)c1NC(=O)/C(C#N)=C/c1cc2c(cc1Cl)OCO2. The first-order chi connectivity index (χ1) is 12.0. The van der Waals surface area contributed by atoms with Gasteiger partial charge in [-0.2, -0.15) is 5.26 Å². The Morgan fingerprint density at radius 2 is 1.96 bits per heavy atom. The van der Waals surface area contributed by atoms with Crippen LogP contribution in [0.5, 0.6) is 11.5 Å². The number of amides is 1. The van der Waals surface area contributed by atoms with E-state index in [1.807, 2.05) is 19.1 Å². The van der Waals surface area contributed by atoms with Crippen molar-refractivity contribution in [3.05, 3.63) is 57.1 Å². The van der Waals surface area contributed by atoms with E-state index in [4.69, 9.17) is 32.7 Å². The summed E-state index contributed by atoms with van der Waals surface area (Å²) in [5.74, 6) is 0.458. The third kappa shape index (κ3) is 3.55. The fraction of sp³-hybridized carbons (Fsp3) is 0.111. The number of aryl methyl sites for hydroxylation is 1. The van der Waals surface area contributed by atoms with Crippen molar-refractivity contribution in [2.45, 2.75) is 6.92 Å². The molecule has 126 valence electrons. The van der Waals surface area contributed by atoms with Gasteiger partial charge in [-0.15, -0.1) is 0 Å². The zero-order valence-electron chi connectivity index (χ0n) is 13.1. The molecule has 0 bridgehead atoms. The maximum atomic E-state index is 12.4. The van der Waals surface area contributed by atoms with Gasteiger partial charge < -0.3 is 14.8 Å². The van der Waals surface area contributed by atoms with E-state index < -0.39 is 5.91 Å². The van der Waals surface area contributed by atoms with Gasteiger partial charge >= 0.3 is 0 Å². The van der Waals surface area contributed by atoms with Crippen LogP contribution in [0.2, 0.25) is 10.0 Å². The van der Waals surface area contributed by atoms with Gasteiger partial charge in [0.15, 0.2) is 11.5 Å². The average molecular weight is 375 g/mol. The first-order valence-electron chi connectivity index (χ1n) is 7.27. The van der Waals surface area contributed by atoms with Crippen LogP contribution in [0.4, 0.5) is 5.69 Å². The largest absolute Gasteiger partial charge is 0.454 e. The molecular formula is C18H12Cl2N2O3. The Kier molecular flexibility index (Phi) is 4.84. The molecule has 5 nitrogen and oxygen atoms in total. The fourth-order valence-electron chi connectivity index (χ4n) is 2.32. The lowest BCUT2D eigenvalue weighted by atomic mass is 10.1. The van der Waals surface area contributed by atoms with E-state index in [2.05, 4.69) is 5.32 Å². The van der Waals surface area contributed by atoms with Gasteiger partial charge in [0.25, 0.3) is 5.91 Å². The van der Waals surface area contributed by atoms with Crippen LogP contribution in [0.3, 0.4) is 0 Å². The van der Waals surface area contributed by atoms with Crippen LogP contribution in [-0.2, 0) is 4.79 Å². The average Bonchev–Trinajstić information content (AvgIpc) is 3.02. The lowest BCUT2D eigenvalue weighted by molar-refractivity contribution is -0.112. The lowest BCUT2D eigenvalue weighted by Gasteiger charge is -2.10. The number of halogens is 2. The highest BCUT2D eigenvalue weighted by molar-refractivity contribution is 6.34. The van der Waals surface area contributed by atoms with Crippen LogP contribution >= 0.6 is 23.2 Å². The molecule has 0 spiro atoms. The number of benzene rings is 2. The number of nitrogens with one attached hydrogen (secondary N) is 1. The number of ether oxygens (including phenoxy) is 2. The molecule has 7 heteroatoms. The highest BCUT2D eigenvalue weighted by Gasteiger charge is 2.18. The summed E-state index contributed by atoms with van der Waals surface area (Å²) in [6.45, 7) is 1.92. The summed E-state index contributed by atoms with van der Waals surface area (Å²) in [5.41, 5.74) is 1.62. The van der Waals surface area contributed by atoms with Crippen LogP contribution < -0.4 is 14.8 Å². The maximum absolute atomic E-state index is 12.4. The summed E-state index contributed by atoms with van der Waals surface area (Å²) in [4.78, 5) is 12.4. The molecule has 1 aliphatic heterocycles. The number of carbonyl (C=O) groups is 1. The molecule has 0 saturated carbocycles. The van der Waals surface area contributed by atoms with E-state index in [0.29, 0.717) is 32.8 Å². The Morgan fingerprint density at radius 3 is 2.64 bits per heavy atom. The Morgan fingerprint density at radius 1 is 1.24 bits per heavy atom. The van der Waals surface area contributed by atoms with Crippen LogP contribution in [0.15, 0.2) is 35.9 Å². The van der Waals surface area contributed by atoms with E-state index in [9.17, 15) is 10.1 Å². The second kappa shape index (κ2) is 7.06. The van der Waals surface area contributed by atoms with E-state index in [1.54, 1.807) is 24.3 Å². The monoisotopic (exact) mass is 374 g/mol. The number of hydrogen-bond donors (Lipinski definition) is 1. The molecule has 1 amide bonds. The highest BCUT2D eigenvalue weighted by Crippen LogP contribution is 2.37. The van der Waals surface area contributed by atoms with E-state index in [0.717, 1.165) is 5.56 Å². The van der Waals surface area contributed by atoms with Gasteiger partial charge in [0.2, 0.25) is 6.79 Å². The molecule has 3 rings (SSSR count). The van der Waals surface area contributed by atoms with Gasteiger partial charge in [-0.3, -0.25) is 4.79 Å². The number of fused-ring (bicyclic) bond motifs is 1. The van der Waals surface area contributed by atoms with Gasteiger partial charge in [-0.05, 0) is 36.3 Å². The predicted octanol–water partition coefficient (Wildman–Crippen LogP) is 4.58. The van der Waals surface area contributed by atoms with Gasteiger partial charge in [-0.25, -0.2) is 0 Å². The molecule has 0 unspecified atom stereocenters. The number of anilines is 1. The molecule has 25 heavy (non-hydrogen) atoms. The first-order valence-corrected chi connectivity index (χ1v) is 8.02. The second-order valence-corrected chi connectivity index (χ2v) is 6.10. The molecule has 1 N–H and O–H groups in total. The molecule has 0 radical (unpaired) electrons. The van der Waals surface area contributed by atoms with Crippen molar-refractivity contribution in [3.63, 3.8) is 0 Å². The van der Waals surface area contributed by atoms with Gasteiger partial charge in [0.05, 0.1) is 15.7 Å². The van der Waals surface area contributed by atoms with E-state index in [-0.39, 0.29) is 12.4 Å². The van der Waals surface area contributed by atoms with Crippen molar-refractivity contribution >= 4 is 40.9 Å². The van der Waals surface area contributed by atoms with E-state index in [1.165, 1.54) is 6.08 Å². The summed E-state index contributed by atoms with van der Waals surface area (Å²) in [7, 11) is 0. The first kappa shape index (κ1) is 17.2. The van der Waals surface area contributed by atoms with Gasteiger partial charge in [0, 0.05) is 6.07 Å². The van der Waals surface area contributed by atoms with E-state index >= 15 is 0 Å². The Bertz CT molecular complexity index is 912. The molecule has 0 fully saturated rings. The summed E-state index contributed by atoms with van der Waals surface area (Å²) in [6.07, 6.45) is 1.39. The highest BCUT2D eigenvalue weighted by atomic mass is 35.5. The third-order valence-corrected chi connectivity index (χ3v) is 4.26. The van der Waals surface area contributed by atoms with Crippen LogP contribution in [-0.4, -0.2) is 12.7 Å². The second-order valence-electron chi connectivity index (χ2n) is 5.28. The zero-order chi connectivity index (χ0) is 18.0. The summed E-state index contributed by atoms with van der Waals surface area (Å²) < 4.78 is 10.5. The fourth-order valence-corrected chi connectivity index (χ4v) is 2.80. The van der Waals surface area contributed by atoms with Crippen LogP contribution in [0, 0.1) is 18.3 Å². The van der Waals surface area contributed by atoms with Crippen molar-refractivity contribution in [3.8, 4) is 17.6 Å². The van der Waals surface area contributed by atoms with Crippen molar-refractivity contribution in [1.29, 1.82) is 5.26 Å². The molecule has 0 saturated heterocycles. The van der Waals surface area contributed by atoms with Gasteiger partial charge in [0.1, 0.15) is 11.6 Å². The summed E-state index contributed by atoms with van der Waals surface area (Å²) in [5, 5.41) is 12.7. The molecule has 0 atom stereocenters. The van der Waals surface area contributed by atoms with Crippen molar-refractivity contribution in [2.75, 3.05) is 12.1 Å². The number of carbonyl (C=O) groups excluding carboxylic acids is 1. The number of para-hydroxylation sites is 1. The third-order valence-electron chi connectivity index (χ3n) is 3.62. The number of rotatable bonds is 3. The Hall–Kier alpha value is -2.68. The molecule has 2 aromatic carbocycles. The molecule has 1 heterocycles. The molecule has 1 aliphatic rings. The maximum Gasteiger partial charge on any atom is 0.266 e. The quantitative estimate of drug-likeness (QED) is 0.630. The normalized spacial score (nSPS) is 12.6.